The van der Waals surface area contributed by atoms with Crippen LogP contribution >= 0.6 is 11.8 Å². The second kappa shape index (κ2) is 9.52. The number of para-hydroxylation sites is 1. The molecule has 3 aromatic carbocycles. The first kappa shape index (κ1) is 21.9. The van der Waals surface area contributed by atoms with Crippen molar-refractivity contribution in [3.63, 3.8) is 0 Å². The molecule has 0 aliphatic rings. The summed E-state index contributed by atoms with van der Waals surface area (Å²) in [6, 6.07) is 25.0. The second-order valence-corrected chi connectivity index (χ2v) is 8.85. The molecule has 0 spiro atoms. The molecule has 8 heteroatoms. The molecule has 7 nitrogen and oxygen atoms in total. The van der Waals surface area contributed by atoms with E-state index in [4.69, 9.17) is 19.8 Å². The van der Waals surface area contributed by atoms with E-state index in [0.29, 0.717) is 28.8 Å². The Morgan fingerprint density at radius 3 is 2.62 bits per heavy atom. The van der Waals surface area contributed by atoms with Gasteiger partial charge in [-0.05, 0) is 30.7 Å². The number of methoxy groups -OCH3 is 1. The van der Waals surface area contributed by atoms with E-state index in [-0.39, 0.29) is 11.2 Å². The molecule has 2 aromatic heterocycles. The number of hydrogen-bond donors (Lipinski definition) is 1. The number of fused-ring (bicyclic) bond motifs is 3. The molecular formula is C26H23N5O2S. The Morgan fingerprint density at radius 1 is 1.03 bits per heavy atom. The molecule has 1 N–H and O–H groups in total. The molecule has 2 heterocycles. The Balaban J connectivity index is 1.52. The van der Waals surface area contributed by atoms with E-state index in [1.165, 1.54) is 11.8 Å². The quantitative estimate of drug-likeness (QED) is 0.252. The fourth-order valence-corrected chi connectivity index (χ4v) is 4.65. The van der Waals surface area contributed by atoms with Crippen molar-refractivity contribution in [2.45, 2.75) is 23.8 Å². The lowest BCUT2D eigenvalue weighted by molar-refractivity contribution is -0.115. The van der Waals surface area contributed by atoms with Gasteiger partial charge in [0.1, 0.15) is 5.75 Å². The number of aromatic nitrogens is 4. The van der Waals surface area contributed by atoms with Crippen molar-refractivity contribution in [1.82, 2.24) is 19.6 Å². The lowest BCUT2D eigenvalue weighted by Crippen LogP contribution is -2.25. The van der Waals surface area contributed by atoms with E-state index in [0.717, 1.165) is 22.1 Å². The summed E-state index contributed by atoms with van der Waals surface area (Å²) >= 11 is 1.38. The molecule has 170 valence electrons. The van der Waals surface area contributed by atoms with Crippen LogP contribution in [0.1, 0.15) is 13.3 Å². The van der Waals surface area contributed by atoms with Crippen molar-refractivity contribution >= 4 is 39.9 Å². The number of anilines is 1. The van der Waals surface area contributed by atoms with Crippen LogP contribution < -0.4 is 10.1 Å². The summed E-state index contributed by atoms with van der Waals surface area (Å²) in [5.74, 6) is 1.20. The third kappa shape index (κ3) is 4.32. The number of rotatable bonds is 7. The van der Waals surface area contributed by atoms with Crippen molar-refractivity contribution in [3.05, 3.63) is 78.9 Å². The predicted molar refractivity (Wildman–Crippen MR) is 135 cm³/mol. The summed E-state index contributed by atoms with van der Waals surface area (Å²) < 4.78 is 7.01. The van der Waals surface area contributed by atoms with Gasteiger partial charge >= 0.3 is 0 Å². The molecule has 0 unspecified atom stereocenters. The van der Waals surface area contributed by atoms with Crippen LogP contribution in [0, 0.1) is 0 Å². The number of nitrogens with one attached hydrogen (secondary N) is 1. The van der Waals surface area contributed by atoms with Gasteiger partial charge in [0.25, 0.3) is 0 Å². The summed E-state index contributed by atoms with van der Waals surface area (Å²) in [6.45, 7) is 1.98. The number of carbonyl (C=O) groups is 1. The van der Waals surface area contributed by atoms with Gasteiger partial charge in [-0.15, -0.1) is 5.10 Å². The highest BCUT2D eigenvalue weighted by molar-refractivity contribution is 8.00. The Hall–Kier alpha value is -3.91. The highest BCUT2D eigenvalue weighted by Gasteiger charge is 2.23. The van der Waals surface area contributed by atoms with Crippen LogP contribution in [0.2, 0.25) is 0 Å². The van der Waals surface area contributed by atoms with Gasteiger partial charge in [0.15, 0.2) is 16.6 Å². The zero-order valence-corrected chi connectivity index (χ0v) is 19.6. The van der Waals surface area contributed by atoms with Crippen LogP contribution in [0.4, 0.5) is 5.69 Å². The van der Waals surface area contributed by atoms with E-state index in [1.54, 1.807) is 17.7 Å². The number of nitrogens with zero attached hydrogens (tertiary/aromatic N) is 4. The minimum Gasteiger partial charge on any atom is -0.497 e. The molecule has 0 aliphatic heterocycles. The van der Waals surface area contributed by atoms with Gasteiger partial charge in [-0.1, -0.05) is 67.2 Å². The highest BCUT2D eigenvalue weighted by atomic mass is 32.2. The van der Waals surface area contributed by atoms with Crippen molar-refractivity contribution in [2.24, 2.45) is 0 Å². The molecule has 5 aromatic rings. The van der Waals surface area contributed by atoms with Crippen molar-refractivity contribution < 1.29 is 9.53 Å². The van der Waals surface area contributed by atoms with Gasteiger partial charge in [-0.3, -0.25) is 4.79 Å². The Bertz CT molecular complexity index is 1470. The average molecular weight is 470 g/mol. The van der Waals surface area contributed by atoms with Crippen LogP contribution in [0.25, 0.3) is 27.9 Å². The van der Waals surface area contributed by atoms with Crippen LogP contribution in [-0.4, -0.2) is 37.8 Å². The average Bonchev–Trinajstić information content (AvgIpc) is 3.34. The molecule has 0 aliphatic carbocycles. The van der Waals surface area contributed by atoms with Crippen LogP contribution in [0.5, 0.6) is 5.75 Å². The topological polar surface area (TPSA) is 81.4 Å². The van der Waals surface area contributed by atoms with Crippen LogP contribution in [0.15, 0.2) is 84.0 Å². The zero-order valence-electron chi connectivity index (χ0n) is 18.8. The monoisotopic (exact) mass is 469 g/mol. The van der Waals surface area contributed by atoms with Crippen molar-refractivity contribution in [2.75, 3.05) is 12.4 Å². The number of ether oxygens (including phenoxy) is 1. The molecule has 5 rings (SSSR count). The first-order chi connectivity index (χ1) is 16.7. The molecule has 0 bridgehead atoms. The molecule has 0 saturated carbocycles. The summed E-state index contributed by atoms with van der Waals surface area (Å²) in [5.41, 5.74) is 3.14. The standard InChI is InChI=1S/C26H23N5O2S/c1-3-22(25(32)27-18-12-9-13-19(16-18)33-2)34-26-28-21-15-8-7-14-20(21)24-29-23(30-31(24)26)17-10-5-4-6-11-17/h4-16,22H,3H2,1-2H3,(H,27,32)/t22-/m0/s1. The van der Waals surface area contributed by atoms with E-state index < -0.39 is 0 Å². The normalized spacial score (nSPS) is 12.1. The molecule has 1 amide bonds. The number of carbonyl (C=O) groups excluding carboxylic acids is 1. The first-order valence-electron chi connectivity index (χ1n) is 11.0. The third-order valence-electron chi connectivity index (χ3n) is 5.43. The van der Waals surface area contributed by atoms with Gasteiger partial charge in [-0.2, -0.15) is 4.52 Å². The van der Waals surface area contributed by atoms with E-state index in [1.807, 2.05) is 79.7 Å². The summed E-state index contributed by atoms with van der Waals surface area (Å²) in [4.78, 5) is 22.8. The summed E-state index contributed by atoms with van der Waals surface area (Å²) in [6.07, 6.45) is 0.622. The van der Waals surface area contributed by atoms with Gasteiger partial charge in [-0.25, -0.2) is 9.97 Å². The van der Waals surface area contributed by atoms with Crippen molar-refractivity contribution in [3.8, 4) is 17.1 Å². The van der Waals surface area contributed by atoms with Gasteiger partial charge in [0.2, 0.25) is 5.91 Å². The fourth-order valence-electron chi connectivity index (χ4n) is 3.69. The Morgan fingerprint density at radius 2 is 1.82 bits per heavy atom. The summed E-state index contributed by atoms with van der Waals surface area (Å²) in [5, 5.41) is 8.92. The maximum Gasteiger partial charge on any atom is 0.237 e. The summed E-state index contributed by atoms with van der Waals surface area (Å²) in [7, 11) is 1.60. The largest absolute Gasteiger partial charge is 0.497 e. The highest BCUT2D eigenvalue weighted by Crippen LogP contribution is 2.30. The predicted octanol–water partition coefficient (Wildman–Crippen LogP) is 5.46. The number of thioether (sulfide) groups is 1. The molecule has 0 radical (unpaired) electrons. The molecule has 0 saturated heterocycles. The van der Waals surface area contributed by atoms with E-state index >= 15 is 0 Å². The van der Waals surface area contributed by atoms with Gasteiger partial charge in [0.05, 0.1) is 17.9 Å². The molecule has 0 fully saturated rings. The lowest BCUT2D eigenvalue weighted by atomic mass is 10.2. The third-order valence-corrected chi connectivity index (χ3v) is 6.74. The Labute approximate surface area is 201 Å². The number of benzene rings is 3. The number of amides is 1. The maximum atomic E-state index is 13.1. The smallest absolute Gasteiger partial charge is 0.237 e. The maximum absolute atomic E-state index is 13.1. The molecule has 1 atom stereocenters. The van der Waals surface area contributed by atoms with Crippen molar-refractivity contribution in [1.29, 1.82) is 0 Å². The molecular weight excluding hydrogens is 446 g/mol. The SMILES string of the molecule is CC[C@H](Sc1nc2ccccc2c2nc(-c3ccccc3)nn12)C(=O)Nc1cccc(OC)c1. The minimum absolute atomic E-state index is 0.104. The van der Waals surface area contributed by atoms with Gasteiger partial charge in [0, 0.05) is 22.7 Å². The molecule has 34 heavy (non-hydrogen) atoms. The van der Waals surface area contributed by atoms with Crippen LogP contribution in [0.3, 0.4) is 0 Å². The zero-order chi connectivity index (χ0) is 23.5. The first-order valence-corrected chi connectivity index (χ1v) is 11.9. The lowest BCUT2D eigenvalue weighted by Gasteiger charge is -2.15. The minimum atomic E-state index is -0.368. The second-order valence-electron chi connectivity index (χ2n) is 7.68. The number of hydrogen-bond acceptors (Lipinski definition) is 6. The van der Waals surface area contributed by atoms with E-state index in [2.05, 4.69) is 5.32 Å². The van der Waals surface area contributed by atoms with E-state index in [9.17, 15) is 4.79 Å². The van der Waals surface area contributed by atoms with Crippen LogP contribution in [-0.2, 0) is 4.79 Å². The Kier molecular flexibility index (Phi) is 6.14. The fraction of sp³-hybridized carbons (Fsp3) is 0.154. The van der Waals surface area contributed by atoms with Gasteiger partial charge < -0.3 is 10.1 Å².